The normalized spacial score (nSPS) is 43.0. The monoisotopic (exact) mass is 426 g/mol. The number of azo groups is 1. The number of nitrogens with zero attached hydrogens (tertiary/aromatic N) is 2. The molecule has 3 aliphatic rings. The summed E-state index contributed by atoms with van der Waals surface area (Å²) in [6, 6.07) is 13.0. The summed E-state index contributed by atoms with van der Waals surface area (Å²) in [4.78, 5) is 0. The summed E-state index contributed by atoms with van der Waals surface area (Å²) >= 11 is 5.66. The van der Waals surface area contributed by atoms with Crippen LogP contribution in [0, 0.1) is 0 Å². The maximum Gasteiger partial charge on any atom is 0.298 e. The van der Waals surface area contributed by atoms with Gasteiger partial charge in [-0.1, -0.05) is 72.3 Å². The number of epoxide rings is 1. The van der Waals surface area contributed by atoms with Crippen LogP contribution >= 0.6 is 11.6 Å². The van der Waals surface area contributed by atoms with Crippen molar-refractivity contribution in [3.8, 4) is 0 Å². The summed E-state index contributed by atoms with van der Waals surface area (Å²) < 4.78 is 82.6. The maximum atomic E-state index is 16.2. The van der Waals surface area contributed by atoms with Gasteiger partial charge < -0.3 is 4.74 Å². The van der Waals surface area contributed by atoms with Crippen LogP contribution in [0.15, 0.2) is 82.5 Å². The highest BCUT2D eigenvalue weighted by Crippen LogP contribution is 2.77. The average molecular weight is 427 g/mol. The zero-order valence-electron chi connectivity index (χ0n) is 14.5. The van der Waals surface area contributed by atoms with Crippen molar-refractivity contribution < 1.29 is 26.7 Å². The lowest BCUT2D eigenvalue weighted by atomic mass is 9.68. The fourth-order valence-corrected chi connectivity index (χ4v) is 4.61. The molecule has 29 heavy (non-hydrogen) atoms. The van der Waals surface area contributed by atoms with Crippen LogP contribution in [0.3, 0.4) is 0 Å². The lowest BCUT2D eigenvalue weighted by molar-refractivity contribution is -0.119. The molecule has 0 radical (unpaired) electrons. The van der Waals surface area contributed by atoms with Gasteiger partial charge >= 0.3 is 0 Å². The number of benzene rings is 2. The molecule has 6 atom stereocenters. The minimum Gasteiger partial charge on any atom is -0.350 e. The quantitative estimate of drug-likeness (QED) is 0.246. The van der Waals surface area contributed by atoms with Crippen LogP contribution < -0.4 is 0 Å². The Hall–Kier alpha value is -2.32. The van der Waals surface area contributed by atoms with Crippen LogP contribution in [0.4, 0.5) is 22.0 Å². The van der Waals surface area contributed by atoms with Crippen molar-refractivity contribution in [2.24, 2.45) is 10.2 Å². The number of halogens is 6. The van der Waals surface area contributed by atoms with E-state index in [0.29, 0.717) is 0 Å². The first kappa shape index (κ1) is 18.7. The predicted octanol–water partition coefficient (Wildman–Crippen LogP) is 6.15. The first-order valence-electron chi connectivity index (χ1n) is 8.73. The van der Waals surface area contributed by atoms with Gasteiger partial charge in [0.05, 0.1) is 0 Å². The largest absolute Gasteiger partial charge is 0.350 e. The Labute approximate surface area is 166 Å². The molecule has 150 valence electrons. The molecule has 1 aliphatic carbocycles. The third-order valence-electron chi connectivity index (χ3n) is 5.75. The number of hydrogen-bond donors (Lipinski definition) is 0. The van der Waals surface area contributed by atoms with Gasteiger partial charge in [0.15, 0.2) is 11.7 Å². The number of alkyl halides is 4. The van der Waals surface area contributed by atoms with E-state index in [1.165, 1.54) is 36.4 Å². The van der Waals surface area contributed by atoms with E-state index < -0.39 is 46.0 Å². The molecule has 2 aromatic carbocycles. The van der Waals surface area contributed by atoms with E-state index in [4.69, 9.17) is 16.3 Å². The Morgan fingerprint density at radius 1 is 0.828 bits per heavy atom. The van der Waals surface area contributed by atoms with E-state index in [9.17, 15) is 8.78 Å². The Kier molecular flexibility index (Phi) is 3.63. The van der Waals surface area contributed by atoms with Crippen LogP contribution in [0.25, 0.3) is 0 Å². The number of rotatable bonds is 2. The Morgan fingerprint density at radius 2 is 1.38 bits per heavy atom. The summed E-state index contributed by atoms with van der Waals surface area (Å²) in [5.74, 6) is -8.33. The number of fused-ring (bicyclic) bond motifs is 2. The highest BCUT2D eigenvalue weighted by molar-refractivity contribution is 6.26. The molecule has 0 amide bonds. The van der Waals surface area contributed by atoms with Crippen molar-refractivity contribution in [1.29, 1.82) is 0 Å². The molecule has 1 fully saturated rings. The summed E-state index contributed by atoms with van der Waals surface area (Å²) in [5.41, 5.74) is -6.49. The third kappa shape index (κ3) is 1.96. The smallest absolute Gasteiger partial charge is 0.298 e. The zero-order chi connectivity index (χ0) is 20.7. The average Bonchev–Trinajstić information content (AvgIpc) is 3.45. The molecule has 0 saturated carbocycles. The van der Waals surface area contributed by atoms with Crippen molar-refractivity contribution in [1.82, 2.24) is 0 Å². The van der Waals surface area contributed by atoms with Gasteiger partial charge in [-0.2, -0.15) is 5.11 Å². The second-order valence-corrected chi connectivity index (χ2v) is 7.73. The molecular weight excluding hydrogens is 415 g/mol. The zero-order valence-corrected chi connectivity index (χ0v) is 15.3. The second-order valence-electron chi connectivity index (χ2n) is 7.21. The Balaban J connectivity index is 1.73. The first-order valence-corrected chi connectivity index (χ1v) is 9.11. The fourth-order valence-electron chi connectivity index (χ4n) is 4.25. The summed E-state index contributed by atoms with van der Waals surface area (Å²) in [5, 5.41) is 2.99. The summed E-state index contributed by atoms with van der Waals surface area (Å²) in [6.45, 7) is 0. The molecule has 2 aliphatic heterocycles. The second kappa shape index (κ2) is 5.64. The topological polar surface area (TPSA) is 37.2 Å². The Bertz CT molecular complexity index is 1050. The van der Waals surface area contributed by atoms with Gasteiger partial charge in [-0.05, 0) is 11.1 Å². The van der Waals surface area contributed by atoms with Gasteiger partial charge in [0.1, 0.15) is 12.1 Å². The molecule has 0 bridgehead atoms. The molecule has 9 heteroatoms. The molecule has 5 rings (SSSR count). The lowest BCUT2D eigenvalue weighted by Crippen LogP contribution is -2.66. The van der Waals surface area contributed by atoms with Gasteiger partial charge in [0.25, 0.3) is 16.6 Å². The fraction of sp³-hybridized carbons (Fsp3) is 0.300. The van der Waals surface area contributed by atoms with E-state index >= 15 is 13.2 Å². The molecular formula is C20H12ClF5N2O. The van der Waals surface area contributed by atoms with E-state index in [2.05, 4.69) is 10.2 Å². The highest BCUT2D eigenvalue weighted by atomic mass is 35.5. The molecule has 1 spiro atoms. The molecule has 1 saturated heterocycles. The maximum absolute atomic E-state index is 16.2. The predicted molar refractivity (Wildman–Crippen MR) is 93.7 cm³/mol. The van der Waals surface area contributed by atoms with Gasteiger partial charge in [0.2, 0.25) is 5.60 Å². The van der Waals surface area contributed by atoms with Crippen molar-refractivity contribution in [3.63, 3.8) is 0 Å². The minimum atomic E-state index is -3.83. The van der Waals surface area contributed by atoms with Crippen molar-refractivity contribution >= 4 is 11.6 Å². The van der Waals surface area contributed by atoms with Crippen molar-refractivity contribution in [2.45, 2.75) is 34.3 Å². The molecule has 3 unspecified atom stereocenters. The van der Waals surface area contributed by atoms with E-state index in [-0.39, 0.29) is 11.1 Å². The number of hydrogen-bond acceptors (Lipinski definition) is 3. The highest BCUT2D eigenvalue weighted by Gasteiger charge is 2.94. The van der Waals surface area contributed by atoms with Crippen LogP contribution in [-0.2, 0) is 4.74 Å². The van der Waals surface area contributed by atoms with Gasteiger partial charge in [-0.15, -0.1) is 5.11 Å². The van der Waals surface area contributed by atoms with Crippen molar-refractivity contribution in [2.75, 3.05) is 0 Å². The number of ether oxygens (including phenoxy) is 1. The van der Waals surface area contributed by atoms with Crippen LogP contribution in [0.5, 0.6) is 0 Å². The van der Waals surface area contributed by atoms with Crippen LogP contribution in [-0.4, -0.2) is 22.2 Å². The van der Waals surface area contributed by atoms with E-state index in [1.54, 1.807) is 24.3 Å². The van der Waals surface area contributed by atoms with Gasteiger partial charge in [0, 0.05) is 0 Å². The summed E-state index contributed by atoms with van der Waals surface area (Å²) in [7, 11) is 0. The van der Waals surface area contributed by atoms with E-state index in [1.807, 2.05) is 0 Å². The summed E-state index contributed by atoms with van der Waals surface area (Å²) in [6.07, 6.45) is -1.50. The SMILES string of the molecule is FC1=C(F)[C@@](F)(Cl)C2(OC2c2ccccc2)[C@]2(F)N=NC(c3ccccc3)[C@]12F. The molecule has 2 heterocycles. The standard InChI is InChI=1S/C20H12ClF5N2O/c21-19(25)14(23)13(22)17(24)15(11-7-3-1-4-8-11)27-28-20(17,26)18(19)16(29-18)12-9-5-2-6-10-12/h1-10,15-16H/t15?,16?,17-,18?,19+,20-/m1/s1. The molecule has 3 nitrogen and oxygen atoms in total. The molecule has 2 aromatic rings. The van der Waals surface area contributed by atoms with Crippen LogP contribution in [0.2, 0.25) is 0 Å². The van der Waals surface area contributed by atoms with E-state index in [0.717, 1.165) is 0 Å². The first-order chi connectivity index (χ1) is 13.7. The lowest BCUT2D eigenvalue weighted by Gasteiger charge is -2.43. The van der Waals surface area contributed by atoms with Crippen LogP contribution in [0.1, 0.15) is 23.3 Å². The molecule has 0 N–H and O–H groups in total. The molecule has 0 aromatic heterocycles. The van der Waals surface area contributed by atoms with Crippen molar-refractivity contribution in [3.05, 3.63) is 83.4 Å². The minimum absolute atomic E-state index is 0.0363. The third-order valence-corrected chi connectivity index (χ3v) is 6.20. The van der Waals surface area contributed by atoms with Gasteiger partial charge in [-0.3, -0.25) is 0 Å². The van der Waals surface area contributed by atoms with Gasteiger partial charge in [-0.25, -0.2) is 22.0 Å². The Morgan fingerprint density at radius 3 is 1.97 bits per heavy atom.